The minimum atomic E-state index is -2.33. The van der Waals surface area contributed by atoms with Gasteiger partial charge in [0.2, 0.25) is 0 Å². The maximum Gasteiger partial charge on any atom is 0.303 e. The molecule has 4 nitrogen and oxygen atoms in total. The highest BCUT2D eigenvalue weighted by molar-refractivity contribution is 5.66. The summed E-state index contributed by atoms with van der Waals surface area (Å²) in [6, 6.07) is 0. The number of hydrogen-bond donors (Lipinski definition) is 3. The molecule has 4 unspecified atom stereocenters. The van der Waals surface area contributed by atoms with E-state index in [4.69, 9.17) is 5.48 Å². The smallest absolute Gasteiger partial charge is 0.303 e. The number of carbonyl (C=O) groups is 1. The van der Waals surface area contributed by atoms with Gasteiger partial charge in [0.1, 0.15) is 0 Å². The van der Waals surface area contributed by atoms with Crippen LogP contribution >= 0.6 is 0 Å². The second-order valence-electron chi connectivity index (χ2n) is 11.2. The maximum absolute atomic E-state index is 11.9. The third-order valence-electron chi connectivity index (χ3n) is 9.94. The molecule has 0 heterocycles. The van der Waals surface area contributed by atoms with Crippen molar-refractivity contribution in [2.24, 2.45) is 52.2 Å². The van der Waals surface area contributed by atoms with Gasteiger partial charge in [0, 0.05) is 13.3 Å². The molecule has 0 aromatic rings. The number of carboxylic acids is 1. The van der Waals surface area contributed by atoms with Gasteiger partial charge >= 0.3 is 5.97 Å². The molecular weight excluding hydrogens is 376 g/mol. The molecule has 4 rings (SSSR count). The zero-order valence-electron chi connectivity index (χ0n) is 24.0. The third kappa shape index (κ3) is 3.36. The van der Waals surface area contributed by atoms with E-state index in [1.54, 1.807) is 6.92 Å². The van der Waals surface area contributed by atoms with E-state index in [2.05, 4.69) is 13.8 Å². The number of aliphatic hydroxyl groups excluding tert-OH is 2. The molecule has 0 radical (unpaired) electrons. The summed E-state index contributed by atoms with van der Waals surface area (Å²) in [7, 11) is 0. The first kappa shape index (κ1) is 16.9. The van der Waals surface area contributed by atoms with Crippen molar-refractivity contribution in [2.75, 3.05) is 0 Å². The maximum atomic E-state index is 11.9. The monoisotopic (exact) mass is 425 g/mol. The predicted octanol–water partition coefficient (Wildman–Crippen LogP) is 5.11. The van der Waals surface area contributed by atoms with E-state index in [-0.39, 0.29) is 48.3 Å². The highest BCUT2D eigenvalue weighted by Gasteiger charge is 2.64. The van der Waals surface area contributed by atoms with Crippen molar-refractivity contribution >= 4 is 5.97 Å². The van der Waals surface area contributed by atoms with Crippen LogP contribution in [-0.2, 0) is 4.79 Å². The summed E-state index contributed by atoms with van der Waals surface area (Å²) in [5.74, 6) is -2.94. The number of aliphatic carboxylic acids is 1. The van der Waals surface area contributed by atoms with Crippen LogP contribution < -0.4 is 0 Å². The number of carboxylic acid groups (broad SMARTS) is 1. The van der Waals surface area contributed by atoms with E-state index >= 15 is 0 Å². The molecule has 11 atom stereocenters. The first-order valence-electron chi connectivity index (χ1n) is 14.6. The Bertz CT molecular complexity index is 854. The van der Waals surface area contributed by atoms with Crippen LogP contribution in [0.4, 0.5) is 0 Å². The zero-order valence-corrected chi connectivity index (χ0v) is 19.0. The molecule has 0 amide bonds. The van der Waals surface area contributed by atoms with Gasteiger partial charge < -0.3 is 15.3 Å². The number of hydrogen-bond acceptors (Lipinski definition) is 3. The Balaban J connectivity index is 1.76. The summed E-state index contributed by atoms with van der Waals surface area (Å²) in [5, 5.41) is 31.8. The molecule has 4 aliphatic rings. The van der Waals surface area contributed by atoms with E-state index < -0.39 is 48.1 Å². The van der Waals surface area contributed by atoms with E-state index in [1.165, 1.54) is 0 Å². The molecular formula is C26H44O4. The van der Waals surface area contributed by atoms with Gasteiger partial charge in [-0.3, -0.25) is 4.79 Å². The molecule has 4 saturated carbocycles. The number of fused-ring (bicyclic) bond motifs is 5. The average Bonchev–Trinajstić information content (AvgIpc) is 3.10. The van der Waals surface area contributed by atoms with Gasteiger partial charge in [-0.2, -0.15) is 0 Å². The fourth-order valence-corrected chi connectivity index (χ4v) is 8.46. The molecule has 0 spiro atoms. The van der Waals surface area contributed by atoms with Crippen LogP contribution in [0.25, 0.3) is 0 Å². The number of aliphatic hydroxyl groups is 2. The molecule has 0 aromatic heterocycles. The fraction of sp³-hybridized carbons (Fsp3) is 0.962. The van der Waals surface area contributed by atoms with Gasteiger partial charge in [0.05, 0.1) is 12.2 Å². The first-order valence-corrected chi connectivity index (χ1v) is 12.1. The zero-order chi connectivity index (χ0) is 26.4. The summed E-state index contributed by atoms with van der Waals surface area (Å²) in [5.41, 5.74) is -0.952. The van der Waals surface area contributed by atoms with Crippen LogP contribution in [0.2, 0.25) is 0 Å². The van der Waals surface area contributed by atoms with Crippen molar-refractivity contribution in [3.63, 3.8) is 0 Å². The third-order valence-corrected chi connectivity index (χ3v) is 9.94. The topological polar surface area (TPSA) is 77.8 Å². The lowest BCUT2D eigenvalue weighted by molar-refractivity contribution is -0.203. The average molecular weight is 426 g/mol. The first-order chi connectivity index (χ1) is 16.0. The van der Waals surface area contributed by atoms with Gasteiger partial charge in [-0.15, -0.1) is 0 Å². The van der Waals surface area contributed by atoms with Gasteiger partial charge in [-0.05, 0) is 104 Å². The Morgan fingerprint density at radius 2 is 1.83 bits per heavy atom. The van der Waals surface area contributed by atoms with Crippen molar-refractivity contribution in [1.82, 2.24) is 0 Å². The Kier molecular flexibility index (Phi) is 4.56. The molecule has 30 heavy (non-hydrogen) atoms. The Hall–Kier alpha value is -0.610. The molecule has 4 aliphatic carbocycles. The molecule has 0 aliphatic heterocycles. The van der Waals surface area contributed by atoms with Crippen LogP contribution in [0.15, 0.2) is 0 Å². The lowest BCUT2D eigenvalue weighted by Gasteiger charge is -2.64. The molecule has 0 aromatic carbocycles. The Labute approximate surface area is 189 Å². The second-order valence-corrected chi connectivity index (χ2v) is 11.2. The summed E-state index contributed by atoms with van der Waals surface area (Å²) in [6.07, 6.45) is -2.91. The van der Waals surface area contributed by atoms with E-state index in [0.717, 1.165) is 25.7 Å². The quantitative estimate of drug-likeness (QED) is 0.572. The SMILES string of the molecule is [2H]C1([2H])C[C@]2(C)C3CC[C@@]4(C)C(CC[C@@H]4[C@H](C)CCC(=O)O)C3[C@H](O)C([2H])(CC)[C@@H]2C([2H])([2H])[C@@H]1O. The van der Waals surface area contributed by atoms with Gasteiger partial charge in [0.25, 0.3) is 0 Å². The van der Waals surface area contributed by atoms with Gasteiger partial charge in [-0.25, -0.2) is 0 Å². The molecule has 0 bridgehead atoms. The molecule has 4 fully saturated rings. The van der Waals surface area contributed by atoms with Crippen molar-refractivity contribution in [2.45, 2.75) is 104 Å². The van der Waals surface area contributed by atoms with Crippen LogP contribution in [0, 0.1) is 52.2 Å². The molecule has 0 saturated heterocycles. The summed E-state index contributed by atoms with van der Waals surface area (Å²) in [6.45, 7) is 8.13. The van der Waals surface area contributed by atoms with E-state index in [9.17, 15) is 21.5 Å². The Morgan fingerprint density at radius 1 is 1.13 bits per heavy atom. The van der Waals surface area contributed by atoms with E-state index in [0.29, 0.717) is 12.3 Å². The highest BCUT2D eigenvalue weighted by Crippen LogP contribution is 2.69. The summed E-state index contributed by atoms with van der Waals surface area (Å²) < 4.78 is 44.3. The fourth-order valence-electron chi connectivity index (χ4n) is 8.46. The summed E-state index contributed by atoms with van der Waals surface area (Å²) in [4.78, 5) is 11.2. The van der Waals surface area contributed by atoms with E-state index in [1.807, 2.05) is 6.92 Å². The van der Waals surface area contributed by atoms with Gasteiger partial charge in [0.15, 0.2) is 0 Å². The van der Waals surface area contributed by atoms with Crippen LogP contribution in [-0.4, -0.2) is 33.5 Å². The largest absolute Gasteiger partial charge is 0.481 e. The van der Waals surface area contributed by atoms with Crippen molar-refractivity contribution in [3.8, 4) is 0 Å². The van der Waals surface area contributed by atoms with Gasteiger partial charge in [-0.1, -0.05) is 34.1 Å². The minimum absolute atomic E-state index is 0.0122. The second kappa shape index (κ2) is 8.06. The molecule has 3 N–H and O–H groups in total. The van der Waals surface area contributed by atoms with Crippen molar-refractivity contribution < 1.29 is 27.0 Å². The minimum Gasteiger partial charge on any atom is -0.481 e. The standard InChI is InChI=1S/C26H44O4/c1-5-17-21-14-16(27)10-12-26(21,4)20-11-13-25(3)18(15(2)6-9-22(28)29)7-8-19(25)23(20)24(17)30/h15-21,23-24,27,30H,5-14H2,1-4H3,(H,28,29)/t15-,16-,17?,18-,19?,20?,21+,23?,24-,25-,26-/m1/s1/i10D2,14D2,17D. The highest BCUT2D eigenvalue weighted by atomic mass is 16.4. The normalized spacial score (nSPS) is 59.8. The Morgan fingerprint density at radius 3 is 2.50 bits per heavy atom. The molecule has 172 valence electrons. The van der Waals surface area contributed by atoms with Crippen LogP contribution in [0.1, 0.15) is 98.7 Å². The van der Waals surface area contributed by atoms with Crippen LogP contribution in [0.3, 0.4) is 0 Å². The summed E-state index contributed by atoms with van der Waals surface area (Å²) >= 11 is 0. The molecule has 4 heteroatoms. The predicted molar refractivity (Wildman–Crippen MR) is 118 cm³/mol. The van der Waals surface area contributed by atoms with Crippen LogP contribution in [0.5, 0.6) is 0 Å². The van der Waals surface area contributed by atoms with Crippen molar-refractivity contribution in [1.29, 1.82) is 0 Å². The lowest BCUT2D eigenvalue weighted by atomic mass is 9.41. The lowest BCUT2D eigenvalue weighted by Crippen LogP contribution is -2.62. The van der Waals surface area contributed by atoms with Crippen molar-refractivity contribution in [3.05, 3.63) is 0 Å². The number of rotatable bonds is 5.